The lowest BCUT2D eigenvalue weighted by Crippen LogP contribution is -2.35. The molecular weight excluding hydrogens is 212 g/mol. The largest absolute Gasteiger partial charge is 0.388 e. The van der Waals surface area contributed by atoms with Crippen LogP contribution in [-0.2, 0) is 13.2 Å². The minimum absolute atomic E-state index is 0.0319. The van der Waals surface area contributed by atoms with Crippen molar-refractivity contribution >= 4 is 11.8 Å². The summed E-state index contributed by atoms with van der Waals surface area (Å²) in [5.74, 6) is 3.12. The van der Waals surface area contributed by atoms with Gasteiger partial charge in [0.1, 0.15) is 12.9 Å². The standard InChI is InChI=1S/C9H16N4OS/c14-7-9-11-10-8-13(9)2-1-12-3-5-15-6-4-12/h8,14H,1-7H2. The van der Waals surface area contributed by atoms with Crippen molar-refractivity contribution in [2.45, 2.75) is 13.2 Å². The number of aromatic nitrogens is 3. The molecule has 1 aromatic rings. The van der Waals surface area contributed by atoms with E-state index in [2.05, 4.69) is 15.1 Å². The molecule has 1 aromatic heterocycles. The molecule has 84 valence electrons. The summed E-state index contributed by atoms with van der Waals surface area (Å²) in [6, 6.07) is 0. The molecule has 0 unspecified atom stereocenters. The first kappa shape index (κ1) is 10.9. The summed E-state index contributed by atoms with van der Waals surface area (Å²) in [4.78, 5) is 2.44. The third-order valence-corrected chi connectivity index (χ3v) is 3.54. The second-order valence-electron chi connectivity index (χ2n) is 3.55. The molecule has 1 fully saturated rings. The van der Waals surface area contributed by atoms with Crippen LogP contribution in [-0.4, -0.2) is 55.9 Å². The zero-order valence-electron chi connectivity index (χ0n) is 8.67. The van der Waals surface area contributed by atoms with E-state index in [1.165, 1.54) is 24.6 Å². The number of hydrogen-bond donors (Lipinski definition) is 1. The van der Waals surface area contributed by atoms with Crippen molar-refractivity contribution in [3.05, 3.63) is 12.2 Å². The Hall–Kier alpha value is -0.590. The molecule has 1 saturated heterocycles. The lowest BCUT2D eigenvalue weighted by Gasteiger charge is -2.26. The van der Waals surface area contributed by atoms with E-state index >= 15 is 0 Å². The highest BCUT2D eigenvalue weighted by atomic mass is 32.2. The smallest absolute Gasteiger partial charge is 0.158 e. The highest BCUT2D eigenvalue weighted by Gasteiger charge is 2.10. The molecule has 1 N–H and O–H groups in total. The molecule has 6 heteroatoms. The van der Waals surface area contributed by atoms with Gasteiger partial charge in [-0.3, -0.25) is 4.90 Å². The van der Waals surface area contributed by atoms with Gasteiger partial charge in [0.2, 0.25) is 0 Å². The first-order chi connectivity index (χ1) is 7.40. The Morgan fingerprint density at radius 2 is 2.13 bits per heavy atom. The normalized spacial score (nSPS) is 18.2. The lowest BCUT2D eigenvalue weighted by atomic mass is 10.4. The maximum absolute atomic E-state index is 9.00. The van der Waals surface area contributed by atoms with Crippen molar-refractivity contribution in [3.8, 4) is 0 Å². The average molecular weight is 228 g/mol. The predicted octanol–water partition coefficient (Wildman–Crippen LogP) is -0.181. The Labute approximate surface area is 93.5 Å². The topological polar surface area (TPSA) is 54.2 Å². The summed E-state index contributed by atoms with van der Waals surface area (Å²) in [6.07, 6.45) is 1.68. The van der Waals surface area contributed by atoms with Crippen molar-refractivity contribution in [2.24, 2.45) is 0 Å². The molecule has 1 aliphatic heterocycles. The maximum Gasteiger partial charge on any atom is 0.158 e. The van der Waals surface area contributed by atoms with Gasteiger partial charge in [0.25, 0.3) is 0 Å². The number of aliphatic hydroxyl groups excluding tert-OH is 1. The number of rotatable bonds is 4. The summed E-state index contributed by atoms with van der Waals surface area (Å²) in [5.41, 5.74) is 0. The molecule has 5 nitrogen and oxygen atoms in total. The Bertz CT molecular complexity index is 298. The number of thioether (sulfide) groups is 1. The van der Waals surface area contributed by atoms with Crippen molar-refractivity contribution < 1.29 is 5.11 Å². The van der Waals surface area contributed by atoms with Crippen LogP contribution >= 0.6 is 11.8 Å². The molecule has 0 aromatic carbocycles. The quantitative estimate of drug-likeness (QED) is 0.775. The fourth-order valence-electron chi connectivity index (χ4n) is 1.66. The van der Waals surface area contributed by atoms with E-state index in [1.807, 2.05) is 16.3 Å². The van der Waals surface area contributed by atoms with Crippen LogP contribution in [0.4, 0.5) is 0 Å². The van der Waals surface area contributed by atoms with Crippen LogP contribution in [0.25, 0.3) is 0 Å². The SMILES string of the molecule is OCc1nncn1CCN1CCSCC1. The van der Waals surface area contributed by atoms with Gasteiger partial charge in [-0.25, -0.2) is 0 Å². The third kappa shape index (κ3) is 2.93. The van der Waals surface area contributed by atoms with Crippen molar-refractivity contribution in [3.63, 3.8) is 0 Å². The van der Waals surface area contributed by atoms with Crippen molar-refractivity contribution in [2.75, 3.05) is 31.1 Å². The second-order valence-corrected chi connectivity index (χ2v) is 4.78. The monoisotopic (exact) mass is 228 g/mol. The molecule has 0 atom stereocenters. The summed E-state index contributed by atoms with van der Waals surface area (Å²) in [5, 5.41) is 16.6. The van der Waals surface area contributed by atoms with E-state index in [0.717, 1.165) is 13.1 Å². The van der Waals surface area contributed by atoms with Gasteiger partial charge in [-0.15, -0.1) is 10.2 Å². The predicted molar refractivity (Wildman–Crippen MR) is 59.7 cm³/mol. The maximum atomic E-state index is 9.00. The Kier molecular flexibility index (Phi) is 3.99. The molecule has 0 spiro atoms. The molecule has 2 heterocycles. The molecule has 0 bridgehead atoms. The van der Waals surface area contributed by atoms with Gasteiger partial charge in [0.15, 0.2) is 5.82 Å². The minimum Gasteiger partial charge on any atom is -0.388 e. The van der Waals surface area contributed by atoms with E-state index in [1.54, 1.807) is 6.33 Å². The number of nitrogens with zero attached hydrogens (tertiary/aromatic N) is 4. The number of hydrogen-bond acceptors (Lipinski definition) is 5. The molecule has 0 radical (unpaired) electrons. The van der Waals surface area contributed by atoms with Crippen molar-refractivity contribution in [1.82, 2.24) is 19.7 Å². The Balaban J connectivity index is 1.81. The van der Waals surface area contributed by atoms with E-state index in [9.17, 15) is 0 Å². The van der Waals surface area contributed by atoms with Crippen molar-refractivity contribution in [1.29, 1.82) is 0 Å². The molecule has 0 saturated carbocycles. The van der Waals surface area contributed by atoms with E-state index in [0.29, 0.717) is 5.82 Å². The van der Waals surface area contributed by atoms with Gasteiger partial charge in [0, 0.05) is 37.7 Å². The highest BCUT2D eigenvalue weighted by molar-refractivity contribution is 7.99. The average Bonchev–Trinajstić information content (AvgIpc) is 2.75. The van der Waals surface area contributed by atoms with Gasteiger partial charge >= 0.3 is 0 Å². The van der Waals surface area contributed by atoms with Gasteiger partial charge < -0.3 is 9.67 Å². The number of aliphatic hydroxyl groups is 1. The lowest BCUT2D eigenvalue weighted by molar-refractivity contribution is 0.254. The summed E-state index contributed by atoms with van der Waals surface area (Å²) in [7, 11) is 0. The van der Waals surface area contributed by atoms with E-state index in [-0.39, 0.29) is 6.61 Å². The first-order valence-electron chi connectivity index (χ1n) is 5.18. The molecular formula is C9H16N4OS. The first-order valence-corrected chi connectivity index (χ1v) is 6.33. The molecule has 1 aliphatic rings. The highest BCUT2D eigenvalue weighted by Crippen LogP contribution is 2.09. The fourth-order valence-corrected chi connectivity index (χ4v) is 2.64. The van der Waals surface area contributed by atoms with Gasteiger partial charge in [-0.05, 0) is 0 Å². The molecule has 15 heavy (non-hydrogen) atoms. The second kappa shape index (κ2) is 5.48. The van der Waals surface area contributed by atoms with Crippen LogP contribution in [0, 0.1) is 0 Å². The Morgan fingerprint density at radius 3 is 2.87 bits per heavy atom. The van der Waals surface area contributed by atoms with Crippen LogP contribution in [0.2, 0.25) is 0 Å². The third-order valence-electron chi connectivity index (χ3n) is 2.60. The van der Waals surface area contributed by atoms with E-state index < -0.39 is 0 Å². The van der Waals surface area contributed by atoms with Gasteiger partial charge in [-0.1, -0.05) is 0 Å². The Morgan fingerprint density at radius 1 is 1.33 bits per heavy atom. The molecule has 2 rings (SSSR count). The van der Waals surface area contributed by atoms with E-state index in [4.69, 9.17) is 5.11 Å². The van der Waals surface area contributed by atoms with Gasteiger partial charge in [-0.2, -0.15) is 11.8 Å². The summed E-state index contributed by atoms with van der Waals surface area (Å²) in [6.45, 7) is 4.19. The summed E-state index contributed by atoms with van der Waals surface area (Å²) >= 11 is 2.02. The molecule has 0 aliphatic carbocycles. The van der Waals surface area contributed by atoms with Crippen LogP contribution in [0.1, 0.15) is 5.82 Å². The molecule has 0 amide bonds. The zero-order valence-corrected chi connectivity index (χ0v) is 9.49. The minimum atomic E-state index is -0.0319. The van der Waals surface area contributed by atoms with Crippen LogP contribution in [0.15, 0.2) is 6.33 Å². The summed E-state index contributed by atoms with van der Waals surface area (Å²) < 4.78 is 1.92. The fraction of sp³-hybridized carbons (Fsp3) is 0.778. The zero-order chi connectivity index (χ0) is 10.5. The van der Waals surface area contributed by atoms with Crippen LogP contribution < -0.4 is 0 Å². The van der Waals surface area contributed by atoms with Crippen LogP contribution in [0.5, 0.6) is 0 Å². The van der Waals surface area contributed by atoms with Gasteiger partial charge in [0.05, 0.1) is 0 Å². The van der Waals surface area contributed by atoms with Crippen LogP contribution in [0.3, 0.4) is 0 Å².